The molecule has 4 rings (SSSR count). The second-order valence-electron chi connectivity index (χ2n) is 8.07. The topological polar surface area (TPSA) is 48.6 Å². The molecule has 0 unspecified atom stereocenters. The van der Waals surface area contributed by atoms with Crippen molar-refractivity contribution >= 4 is 17.3 Å². The second-order valence-corrected chi connectivity index (χ2v) is 8.48. The summed E-state index contributed by atoms with van der Waals surface area (Å²) in [6, 6.07) is 8.46. The number of likely N-dealkylation sites (N-methyl/N-ethyl adjacent to an activating group) is 1. The van der Waals surface area contributed by atoms with Crippen LogP contribution in [0.4, 0.5) is 23.2 Å². The van der Waals surface area contributed by atoms with E-state index in [9.17, 15) is 13.2 Å². The molecule has 0 atom stereocenters. The number of nitrogens with zero attached hydrogens (tertiary/aromatic N) is 5. The zero-order valence-electron chi connectivity index (χ0n) is 19.0. The summed E-state index contributed by atoms with van der Waals surface area (Å²) in [5.74, 6) is -1.56. The van der Waals surface area contributed by atoms with Gasteiger partial charge in [0, 0.05) is 43.0 Å². The maximum Gasteiger partial charge on any atom is 0.314 e. The lowest BCUT2D eigenvalue weighted by atomic mass is 10.1. The lowest BCUT2D eigenvalue weighted by molar-refractivity contribution is 0.116. The van der Waals surface area contributed by atoms with Gasteiger partial charge in [-0.15, -0.1) is 10.2 Å². The fraction of sp³-hybridized carbons (Fsp3) is 0.333. The summed E-state index contributed by atoms with van der Waals surface area (Å²) in [5, 5.41) is 6.77. The summed E-state index contributed by atoms with van der Waals surface area (Å²) in [4.78, 5) is 6.19. The average Bonchev–Trinajstić information content (AvgIpc) is 3.36. The first-order chi connectivity index (χ1) is 16.8. The molecular formula is C24H24ClF4N5O. The van der Waals surface area contributed by atoms with Crippen molar-refractivity contribution in [1.29, 1.82) is 0 Å². The number of aromatic nitrogens is 2. The van der Waals surface area contributed by atoms with Crippen LogP contribution in [0.5, 0.6) is 0 Å². The van der Waals surface area contributed by atoms with Crippen molar-refractivity contribution in [3.63, 3.8) is 0 Å². The van der Waals surface area contributed by atoms with E-state index in [-0.39, 0.29) is 23.0 Å². The first kappa shape index (κ1) is 25.0. The summed E-state index contributed by atoms with van der Waals surface area (Å²) in [5.41, 5.74) is 1.04. The molecule has 3 aromatic rings. The van der Waals surface area contributed by atoms with Crippen LogP contribution in [0.25, 0.3) is 11.5 Å². The van der Waals surface area contributed by atoms with Gasteiger partial charge in [-0.1, -0.05) is 31.2 Å². The predicted octanol–water partition coefficient (Wildman–Crippen LogP) is 5.72. The van der Waals surface area contributed by atoms with E-state index in [0.717, 1.165) is 38.8 Å². The average molecular weight is 510 g/mol. The molecule has 0 aliphatic carbocycles. The van der Waals surface area contributed by atoms with Crippen LogP contribution in [-0.4, -0.2) is 52.7 Å². The minimum Gasteiger partial charge on any atom is -0.415 e. The van der Waals surface area contributed by atoms with Crippen LogP contribution < -0.4 is 4.90 Å². The van der Waals surface area contributed by atoms with E-state index in [1.807, 2.05) is 0 Å². The van der Waals surface area contributed by atoms with Crippen LogP contribution >= 0.6 is 11.6 Å². The number of piperazine rings is 1. The molecule has 186 valence electrons. The number of benzene rings is 2. The van der Waals surface area contributed by atoms with Gasteiger partial charge in [-0.3, -0.25) is 0 Å². The second kappa shape index (κ2) is 10.7. The Kier molecular flexibility index (Phi) is 7.61. The maximum absolute atomic E-state index is 15.1. The Morgan fingerprint density at radius 1 is 1.09 bits per heavy atom. The highest BCUT2D eigenvalue weighted by Crippen LogP contribution is 2.30. The van der Waals surface area contributed by atoms with Gasteiger partial charge < -0.3 is 19.1 Å². The Labute approximate surface area is 205 Å². The highest BCUT2D eigenvalue weighted by molar-refractivity contribution is 6.31. The largest absolute Gasteiger partial charge is 0.415 e. The van der Waals surface area contributed by atoms with E-state index in [2.05, 4.69) is 33.5 Å². The van der Waals surface area contributed by atoms with Crippen LogP contribution in [-0.2, 0) is 6.54 Å². The van der Waals surface area contributed by atoms with Crippen molar-refractivity contribution in [2.24, 2.45) is 0 Å². The third-order valence-electron chi connectivity index (χ3n) is 5.97. The van der Waals surface area contributed by atoms with E-state index < -0.39 is 24.0 Å². The number of anilines is 1. The lowest BCUT2D eigenvalue weighted by Crippen LogP contribution is -2.48. The fourth-order valence-electron chi connectivity index (χ4n) is 3.90. The zero-order valence-corrected chi connectivity index (χ0v) is 19.8. The molecule has 0 spiro atoms. The van der Waals surface area contributed by atoms with Crippen molar-refractivity contribution in [3.05, 3.63) is 76.9 Å². The Morgan fingerprint density at radius 2 is 1.83 bits per heavy atom. The lowest BCUT2D eigenvalue weighted by Gasteiger charge is -2.40. The van der Waals surface area contributed by atoms with E-state index in [1.54, 1.807) is 11.0 Å². The van der Waals surface area contributed by atoms with Gasteiger partial charge in [0.25, 0.3) is 5.89 Å². The predicted molar refractivity (Wildman–Crippen MR) is 125 cm³/mol. The van der Waals surface area contributed by atoms with Gasteiger partial charge in [0.15, 0.2) is 0 Å². The maximum atomic E-state index is 15.1. The third kappa shape index (κ3) is 5.59. The number of rotatable bonds is 8. The van der Waals surface area contributed by atoms with Gasteiger partial charge in [0.1, 0.15) is 17.5 Å². The van der Waals surface area contributed by atoms with Gasteiger partial charge in [-0.25, -0.2) is 8.78 Å². The molecule has 0 bridgehead atoms. The van der Waals surface area contributed by atoms with Crippen molar-refractivity contribution in [2.75, 3.05) is 37.6 Å². The molecule has 0 saturated carbocycles. The molecule has 1 aromatic heterocycles. The summed E-state index contributed by atoms with van der Waals surface area (Å²) >= 11 is 6.03. The quantitative estimate of drug-likeness (QED) is 0.362. The molecule has 0 radical (unpaired) electrons. The summed E-state index contributed by atoms with van der Waals surface area (Å²) in [6.07, 6.45) is -2.92. The van der Waals surface area contributed by atoms with Gasteiger partial charge in [0.05, 0.1) is 11.6 Å². The van der Waals surface area contributed by atoms with Crippen molar-refractivity contribution in [1.82, 2.24) is 20.0 Å². The van der Waals surface area contributed by atoms with Crippen LogP contribution in [0.1, 0.15) is 24.8 Å². The van der Waals surface area contributed by atoms with Crippen molar-refractivity contribution < 1.29 is 22.0 Å². The van der Waals surface area contributed by atoms with Crippen LogP contribution in [0, 0.1) is 11.6 Å². The Morgan fingerprint density at radius 3 is 2.43 bits per heavy atom. The first-order valence-electron chi connectivity index (χ1n) is 11.1. The molecule has 1 aliphatic heterocycles. The Balaban J connectivity index is 1.61. The fourth-order valence-corrected chi connectivity index (χ4v) is 4.07. The van der Waals surface area contributed by atoms with Crippen LogP contribution in [0.3, 0.4) is 0 Å². The highest BCUT2D eigenvalue weighted by Gasteiger charge is 2.24. The van der Waals surface area contributed by atoms with E-state index in [0.29, 0.717) is 17.1 Å². The number of alkyl halides is 2. The van der Waals surface area contributed by atoms with Gasteiger partial charge in [0.2, 0.25) is 5.89 Å². The Hall–Kier alpha value is -3.11. The molecule has 2 heterocycles. The van der Waals surface area contributed by atoms with Gasteiger partial charge >= 0.3 is 6.43 Å². The zero-order chi connectivity index (χ0) is 25.1. The number of hydrogen-bond donors (Lipinski definition) is 0. The highest BCUT2D eigenvalue weighted by atomic mass is 35.5. The molecular weight excluding hydrogens is 486 g/mol. The van der Waals surface area contributed by atoms with Crippen LogP contribution in [0.2, 0.25) is 5.02 Å². The first-order valence-corrected chi connectivity index (χ1v) is 11.4. The molecule has 6 nitrogen and oxygen atoms in total. The smallest absolute Gasteiger partial charge is 0.314 e. The van der Waals surface area contributed by atoms with Gasteiger partial charge in [-0.2, -0.15) is 8.78 Å². The van der Waals surface area contributed by atoms with Crippen molar-refractivity contribution in [2.45, 2.75) is 19.9 Å². The minimum absolute atomic E-state index is 0.0573. The van der Waals surface area contributed by atoms with E-state index >= 15 is 4.39 Å². The third-order valence-corrected chi connectivity index (χ3v) is 6.26. The number of halogens is 5. The number of hydrogen-bond acceptors (Lipinski definition) is 6. The Bertz CT molecular complexity index is 1200. The molecule has 2 aromatic carbocycles. The summed E-state index contributed by atoms with van der Waals surface area (Å²) in [6.45, 7) is 10.6. The molecule has 11 heteroatoms. The normalized spacial score (nSPS) is 14.5. The van der Waals surface area contributed by atoms with Crippen LogP contribution in [0.15, 0.2) is 53.2 Å². The molecule has 1 saturated heterocycles. The monoisotopic (exact) mass is 509 g/mol. The SMILES string of the molecule is C=C(N1CCN(CC)CC1)N(Cc1ccc(-c2nnc(C(F)F)o2)cc1F)c1ccc(F)c(Cl)c1. The van der Waals surface area contributed by atoms with E-state index in [1.165, 1.54) is 24.3 Å². The van der Waals surface area contributed by atoms with Crippen molar-refractivity contribution in [3.8, 4) is 11.5 Å². The standard InChI is InChI=1S/C24H24ClF4N5O/c1-3-32-8-10-33(11-9-32)15(2)34(18-6-7-20(26)19(25)13-18)14-17-5-4-16(12-21(17)27)23-30-31-24(35-23)22(28)29/h4-7,12-13,22H,2-3,8-11,14H2,1H3. The molecule has 35 heavy (non-hydrogen) atoms. The molecule has 0 amide bonds. The molecule has 1 aliphatic rings. The molecule has 1 fully saturated rings. The minimum atomic E-state index is -2.92. The van der Waals surface area contributed by atoms with Gasteiger partial charge in [-0.05, 0) is 36.9 Å². The van der Waals surface area contributed by atoms with E-state index in [4.69, 9.17) is 16.0 Å². The summed E-state index contributed by atoms with van der Waals surface area (Å²) < 4.78 is 59.4. The summed E-state index contributed by atoms with van der Waals surface area (Å²) in [7, 11) is 0. The molecule has 0 N–H and O–H groups in total.